The maximum Gasteiger partial charge on any atom is 0.162 e. The predicted octanol–water partition coefficient (Wildman–Crippen LogP) is 4.49. The van der Waals surface area contributed by atoms with Crippen molar-refractivity contribution < 1.29 is 14.6 Å². The van der Waals surface area contributed by atoms with E-state index in [1.165, 1.54) is 11.1 Å². The van der Waals surface area contributed by atoms with Crippen LogP contribution in [0.5, 0.6) is 5.75 Å². The number of aliphatic hydroxyl groups excluding tert-OH is 1. The summed E-state index contributed by atoms with van der Waals surface area (Å²) in [5.41, 5.74) is 3.15. The maximum atomic E-state index is 11.6. The minimum absolute atomic E-state index is 0. The van der Waals surface area contributed by atoms with Crippen LogP contribution in [0.15, 0.2) is 48.5 Å². The van der Waals surface area contributed by atoms with Gasteiger partial charge in [0, 0.05) is 24.6 Å². The first kappa shape index (κ1) is 23.2. The molecule has 2 unspecified atom stereocenters. The lowest BCUT2D eigenvalue weighted by atomic mass is 10.0. The number of ether oxygens (including phenoxy) is 1. The van der Waals surface area contributed by atoms with Crippen molar-refractivity contribution in [2.45, 2.75) is 45.8 Å². The van der Waals surface area contributed by atoms with Gasteiger partial charge in [0.25, 0.3) is 0 Å². The van der Waals surface area contributed by atoms with Crippen molar-refractivity contribution in [1.82, 2.24) is 5.32 Å². The summed E-state index contributed by atoms with van der Waals surface area (Å²) >= 11 is 0. The molecule has 0 saturated heterocycles. The second kappa shape index (κ2) is 11.8. The second-order valence-electron chi connectivity index (χ2n) is 6.55. The number of Topliss-reactive ketones (excluding diaryl/α,β-unsaturated/α-hetero) is 1. The Labute approximate surface area is 168 Å². The molecule has 5 heteroatoms. The van der Waals surface area contributed by atoms with E-state index in [-0.39, 0.29) is 30.8 Å². The lowest BCUT2D eigenvalue weighted by Crippen LogP contribution is -2.33. The second-order valence-corrected chi connectivity index (χ2v) is 6.55. The molecule has 0 aliphatic heterocycles. The normalized spacial score (nSPS) is 12.7. The Hall–Kier alpha value is -1.88. The van der Waals surface area contributed by atoms with Gasteiger partial charge in [-0.3, -0.25) is 4.79 Å². The first-order chi connectivity index (χ1) is 12.5. The fourth-order valence-corrected chi connectivity index (χ4v) is 2.77. The zero-order chi connectivity index (χ0) is 18.9. The lowest BCUT2D eigenvalue weighted by molar-refractivity contribution is 0.0986. The fourth-order valence-electron chi connectivity index (χ4n) is 2.77. The van der Waals surface area contributed by atoms with Crippen LogP contribution in [0.4, 0.5) is 0 Å². The van der Waals surface area contributed by atoms with Gasteiger partial charge in [-0.15, -0.1) is 12.4 Å². The van der Waals surface area contributed by atoms with Crippen molar-refractivity contribution >= 4 is 18.2 Å². The number of benzene rings is 2. The standard InChI is InChI=1S/C22H29NO3.ClH/c1-4-21(17-8-6-16(3)7-9-17)23-14-19(24)15-26-20-12-10-18(11-13-20)22(25)5-2;/h6-13,19,21,23-24H,4-5,14-15H2,1-3H3;1H. The van der Waals surface area contributed by atoms with Gasteiger partial charge >= 0.3 is 0 Å². The Kier molecular flexibility index (Phi) is 10.1. The first-order valence-electron chi connectivity index (χ1n) is 9.27. The highest BCUT2D eigenvalue weighted by Crippen LogP contribution is 2.17. The van der Waals surface area contributed by atoms with E-state index in [1.54, 1.807) is 24.3 Å². The molecule has 2 N–H and O–H groups in total. The van der Waals surface area contributed by atoms with Gasteiger partial charge in [-0.05, 0) is 43.2 Å². The number of carbonyl (C=O) groups is 1. The summed E-state index contributed by atoms with van der Waals surface area (Å²) in [5.74, 6) is 0.768. The molecule has 0 aliphatic carbocycles. The van der Waals surface area contributed by atoms with Gasteiger partial charge in [-0.2, -0.15) is 0 Å². The topological polar surface area (TPSA) is 58.6 Å². The average Bonchev–Trinajstić information content (AvgIpc) is 2.68. The SMILES string of the molecule is CCC(=O)c1ccc(OCC(O)CNC(CC)c2ccc(C)cc2)cc1.Cl. The molecule has 0 saturated carbocycles. The van der Waals surface area contributed by atoms with E-state index in [1.807, 2.05) is 6.92 Å². The third-order valence-electron chi connectivity index (χ3n) is 4.43. The molecule has 27 heavy (non-hydrogen) atoms. The number of hydrogen-bond donors (Lipinski definition) is 2. The van der Waals surface area contributed by atoms with E-state index >= 15 is 0 Å². The highest BCUT2D eigenvalue weighted by Gasteiger charge is 2.12. The monoisotopic (exact) mass is 391 g/mol. The molecule has 4 nitrogen and oxygen atoms in total. The van der Waals surface area contributed by atoms with Gasteiger partial charge in [0.15, 0.2) is 5.78 Å². The van der Waals surface area contributed by atoms with Crippen molar-refractivity contribution in [3.05, 3.63) is 65.2 Å². The van der Waals surface area contributed by atoms with E-state index in [4.69, 9.17) is 4.74 Å². The van der Waals surface area contributed by atoms with Crippen LogP contribution in [-0.4, -0.2) is 30.1 Å². The number of aliphatic hydroxyl groups is 1. The zero-order valence-electron chi connectivity index (χ0n) is 16.3. The molecule has 2 rings (SSSR count). The number of rotatable bonds is 10. The fraction of sp³-hybridized carbons (Fsp3) is 0.409. The Morgan fingerprint density at radius 3 is 2.26 bits per heavy atom. The van der Waals surface area contributed by atoms with Crippen LogP contribution >= 0.6 is 12.4 Å². The molecule has 0 spiro atoms. The van der Waals surface area contributed by atoms with Crippen molar-refractivity contribution in [3.63, 3.8) is 0 Å². The highest BCUT2D eigenvalue weighted by atomic mass is 35.5. The molecular formula is C22H30ClNO3. The van der Waals surface area contributed by atoms with Crippen molar-refractivity contribution in [1.29, 1.82) is 0 Å². The summed E-state index contributed by atoms with van der Waals surface area (Å²) in [6.07, 6.45) is 0.833. The third-order valence-corrected chi connectivity index (χ3v) is 4.43. The molecule has 0 aromatic heterocycles. The van der Waals surface area contributed by atoms with Gasteiger partial charge in [0.2, 0.25) is 0 Å². The summed E-state index contributed by atoms with van der Waals surface area (Å²) in [6.45, 7) is 6.71. The minimum atomic E-state index is -0.605. The Bertz CT molecular complexity index is 686. The Morgan fingerprint density at radius 2 is 1.70 bits per heavy atom. The number of aryl methyl sites for hydroxylation is 1. The molecular weight excluding hydrogens is 362 g/mol. The summed E-state index contributed by atoms with van der Waals surface area (Å²) in [4.78, 5) is 11.6. The number of nitrogens with one attached hydrogen (secondary N) is 1. The molecule has 148 valence electrons. The van der Waals surface area contributed by atoms with Gasteiger partial charge in [-0.25, -0.2) is 0 Å². The molecule has 0 heterocycles. The van der Waals surface area contributed by atoms with Gasteiger partial charge < -0.3 is 15.2 Å². The van der Waals surface area contributed by atoms with Gasteiger partial charge in [0.1, 0.15) is 18.5 Å². The molecule has 0 radical (unpaired) electrons. The minimum Gasteiger partial charge on any atom is -0.491 e. The molecule has 0 bridgehead atoms. The highest BCUT2D eigenvalue weighted by molar-refractivity contribution is 5.95. The van der Waals surface area contributed by atoms with Crippen LogP contribution in [0.2, 0.25) is 0 Å². The van der Waals surface area contributed by atoms with E-state index in [9.17, 15) is 9.90 Å². The van der Waals surface area contributed by atoms with Crippen LogP contribution in [0, 0.1) is 6.92 Å². The van der Waals surface area contributed by atoms with Crippen LogP contribution in [0.3, 0.4) is 0 Å². The van der Waals surface area contributed by atoms with Crippen molar-refractivity contribution in [2.75, 3.05) is 13.2 Å². The molecule has 0 aliphatic rings. The Balaban J connectivity index is 0.00000364. The Morgan fingerprint density at radius 1 is 1.07 bits per heavy atom. The van der Waals surface area contributed by atoms with Crippen LogP contribution in [0.1, 0.15) is 54.2 Å². The predicted molar refractivity (Wildman–Crippen MR) is 112 cm³/mol. The largest absolute Gasteiger partial charge is 0.491 e. The third kappa shape index (κ3) is 7.33. The average molecular weight is 392 g/mol. The smallest absolute Gasteiger partial charge is 0.162 e. The van der Waals surface area contributed by atoms with Gasteiger partial charge in [0.05, 0.1) is 0 Å². The summed E-state index contributed by atoms with van der Waals surface area (Å²) in [7, 11) is 0. The quantitative estimate of drug-likeness (QED) is 0.586. The van der Waals surface area contributed by atoms with Crippen LogP contribution in [-0.2, 0) is 0 Å². The van der Waals surface area contributed by atoms with Crippen LogP contribution in [0.25, 0.3) is 0 Å². The number of halogens is 1. The van der Waals surface area contributed by atoms with Gasteiger partial charge in [-0.1, -0.05) is 43.7 Å². The van der Waals surface area contributed by atoms with Crippen LogP contribution < -0.4 is 10.1 Å². The van der Waals surface area contributed by atoms with E-state index in [0.29, 0.717) is 24.3 Å². The van der Waals surface area contributed by atoms with Crippen molar-refractivity contribution in [2.24, 2.45) is 0 Å². The number of hydrogen-bond acceptors (Lipinski definition) is 4. The lowest BCUT2D eigenvalue weighted by Gasteiger charge is -2.20. The first-order valence-corrected chi connectivity index (χ1v) is 9.27. The zero-order valence-corrected chi connectivity index (χ0v) is 17.1. The summed E-state index contributed by atoms with van der Waals surface area (Å²) in [6, 6.07) is 15.7. The van der Waals surface area contributed by atoms with E-state index in [2.05, 4.69) is 43.4 Å². The molecule has 2 atom stereocenters. The van der Waals surface area contributed by atoms with E-state index in [0.717, 1.165) is 6.42 Å². The molecule has 2 aromatic rings. The van der Waals surface area contributed by atoms with Crippen molar-refractivity contribution in [3.8, 4) is 5.75 Å². The number of ketones is 1. The summed E-state index contributed by atoms with van der Waals surface area (Å²) < 4.78 is 5.62. The van der Waals surface area contributed by atoms with E-state index < -0.39 is 6.10 Å². The molecule has 2 aromatic carbocycles. The number of carbonyl (C=O) groups excluding carboxylic acids is 1. The summed E-state index contributed by atoms with van der Waals surface area (Å²) in [5, 5.41) is 13.6. The molecule has 0 fully saturated rings. The molecule has 0 amide bonds. The maximum absolute atomic E-state index is 11.6.